The first-order valence-corrected chi connectivity index (χ1v) is 16.5. The highest BCUT2D eigenvalue weighted by molar-refractivity contribution is 7.92. The fourth-order valence-corrected chi connectivity index (χ4v) is 5.68. The van der Waals surface area contributed by atoms with Crippen LogP contribution in [0.15, 0.2) is 65.8 Å². The van der Waals surface area contributed by atoms with Crippen molar-refractivity contribution in [2.75, 3.05) is 24.8 Å². The highest BCUT2D eigenvalue weighted by atomic mass is 32.2. The van der Waals surface area contributed by atoms with E-state index in [1.165, 1.54) is 16.7 Å². The second-order valence-electron chi connectivity index (χ2n) is 9.37. The molecular weight excluding hydrogens is 482 g/mol. The molecule has 0 saturated heterocycles. The molecule has 35 heavy (non-hydrogen) atoms. The fourth-order valence-electron chi connectivity index (χ4n) is 3.21. The van der Waals surface area contributed by atoms with Crippen molar-refractivity contribution in [1.82, 2.24) is 9.97 Å². The maximum Gasteiger partial charge on any atom is 0.265 e. The zero-order valence-electron chi connectivity index (χ0n) is 20.9. The van der Waals surface area contributed by atoms with Crippen LogP contribution in [0.25, 0.3) is 0 Å². The van der Waals surface area contributed by atoms with Crippen molar-refractivity contribution < 1.29 is 22.6 Å². The maximum absolute atomic E-state index is 13.7. The summed E-state index contributed by atoms with van der Waals surface area (Å²) in [5.41, 5.74) is 1.82. The van der Waals surface area contributed by atoms with Gasteiger partial charge in [0.05, 0.1) is 4.90 Å². The molecule has 0 aliphatic carbocycles. The number of sulfonamides is 1. The average molecular weight is 516 g/mol. The van der Waals surface area contributed by atoms with Gasteiger partial charge in [0.1, 0.15) is 12.4 Å². The van der Waals surface area contributed by atoms with Gasteiger partial charge in [-0.05, 0) is 42.8 Å². The minimum absolute atomic E-state index is 0.140. The van der Waals surface area contributed by atoms with Crippen LogP contribution in [-0.2, 0) is 21.4 Å². The number of hydrogen-bond donors (Lipinski definition) is 0. The summed E-state index contributed by atoms with van der Waals surface area (Å²) in [6.07, 6.45) is 2.97. The Morgan fingerprint density at radius 3 is 2.37 bits per heavy atom. The van der Waals surface area contributed by atoms with Crippen LogP contribution >= 0.6 is 0 Å². The monoisotopic (exact) mass is 515 g/mol. The molecule has 0 radical (unpaired) electrons. The molecule has 1 aromatic heterocycles. The molecule has 10 heteroatoms. The molecule has 8 nitrogen and oxygen atoms in total. The van der Waals surface area contributed by atoms with Crippen molar-refractivity contribution in [3.8, 4) is 11.6 Å². The topological polar surface area (TPSA) is 90.8 Å². The molecule has 0 atom stereocenters. The molecule has 0 aliphatic rings. The molecule has 0 fully saturated rings. The van der Waals surface area contributed by atoms with Crippen molar-refractivity contribution in [3.05, 3.63) is 72.1 Å². The third-order valence-electron chi connectivity index (χ3n) is 5.17. The van der Waals surface area contributed by atoms with Crippen LogP contribution in [0.2, 0.25) is 25.7 Å². The lowest BCUT2D eigenvalue weighted by molar-refractivity contribution is 0.0510. The van der Waals surface area contributed by atoms with Gasteiger partial charge >= 0.3 is 0 Å². The fraction of sp³-hybridized carbons (Fsp3) is 0.360. The zero-order valence-corrected chi connectivity index (χ0v) is 22.7. The summed E-state index contributed by atoms with van der Waals surface area (Å²) in [5.74, 6) is 0.978. The van der Waals surface area contributed by atoms with Gasteiger partial charge in [-0.15, -0.1) is 0 Å². The van der Waals surface area contributed by atoms with E-state index in [1.54, 1.807) is 31.4 Å². The van der Waals surface area contributed by atoms with Crippen molar-refractivity contribution in [3.63, 3.8) is 0 Å². The van der Waals surface area contributed by atoms with Crippen LogP contribution in [0.3, 0.4) is 0 Å². The summed E-state index contributed by atoms with van der Waals surface area (Å²) >= 11 is 0. The van der Waals surface area contributed by atoms with Gasteiger partial charge in [-0.2, -0.15) is 0 Å². The van der Waals surface area contributed by atoms with Crippen LogP contribution in [0.5, 0.6) is 11.6 Å². The summed E-state index contributed by atoms with van der Waals surface area (Å²) in [6, 6.07) is 15.0. The molecule has 3 rings (SSSR count). The molecule has 0 spiro atoms. The van der Waals surface area contributed by atoms with Crippen LogP contribution in [0, 0.1) is 6.92 Å². The lowest BCUT2D eigenvalue weighted by atomic mass is 10.2. The van der Waals surface area contributed by atoms with Crippen molar-refractivity contribution in [2.24, 2.45) is 0 Å². The molecule has 3 aromatic rings. The van der Waals surface area contributed by atoms with E-state index < -0.39 is 18.1 Å². The first kappa shape index (κ1) is 26.6. The van der Waals surface area contributed by atoms with E-state index >= 15 is 0 Å². The van der Waals surface area contributed by atoms with Gasteiger partial charge in [-0.3, -0.25) is 0 Å². The summed E-state index contributed by atoms with van der Waals surface area (Å²) in [6.45, 7) is 9.14. The second-order valence-corrected chi connectivity index (χ2v) is 16.9. The summed E-state index contributed by atoms with van der Waals surface area (Å²) < 4.78 is 45.2. The van der Waals surface area contributed by atoms with Crippen LogP contribution < -0.4 is 13.8 Å². The summed E-state index contributed by atoms with van der Waals surface area (Å²) in [4.78, 5) is 8.92. The van der Waals surface area contributed by atoms with Gasteiger partial charge < -0.3 is 14.2 Å². The van der Waals surface area contributed by atoms with E-state index in [0.717, 1.165) is 17.2 Å². The molecule has 2 aromatic carbocycles. The van der Waals surface area contributed by atoms with Crippen molar-refractivity contribution in [1.29, 1.82) is 0 Å². The average Bonchev–Trinajstić information content (AvgIpc) is 2.82. The smallest absolute Gasteiger partial charge is 0.265 e. The van der Waals surface area contributed by atoms with Crippen LogP contribution in [0.1, 0.15) is 11.1 Å². The van der Waals surface area contributed by atoms with E-state index in [1.807, 2.05) is 31.2 Å². The van der Waals surface area contributed by atoms with Gasteiger partial charge in [0.25, 0.3) is 15.9 Å². The molecule has 1 heterocycles. The Labute approximate surface area is 209 Å². The first-order valence-electron chi connectivity index (χ1n) is 11.3. The van der Waals surface area contributed by atoms with E-state index in [2.05, 4.69) is 29.6 Å². The molecule has 0 aliphatic heterocycles. The summed E-state index contributed by atoms with van der Waals surface area (Å²) in [5, 5.41) is 0. The second kappa shape index (κ2) is 11.7. The molecule has 188 valence electrons. The Morgan fingerprint density at radius 2 is 1.69 bits per heavy atom. The zero-order chi connectivity index (χ0) is 25.5. The lowest BCUT2D eigenvalue weighted by Crippen LogP contribution is -2.37. The number of benzene rings is 2. The number of methoxy groups -OCH3 is 1. The number of anilines is 1. The largest absolute Gasteiger partial charge is 0.470 e. The number of aromatic nitrogens is 2. The predicted molar refractivity (Wildman–Crippen MR) is 139 cm³/mol. The number of nitrogens with zero attached hydrogens (tertiary/aromatic N) is 3. The number of rotatable bonds is 12. The predicted octanol–water partition coefficient (Wildman–Crippen LogP) is 4.88. The molecule has 0 amide bonds. The van der Waals surface area contributed by atoms with Crippen molar-refractivity contribution >= 4 is 23.9 Å². The van der Waals surface area contributed by atoms with Gasteiger partial charge in [0.2, 0.25) is 5.82 Å². The van der Waals surface area contributed by atoms with Crippen LogP contribution in [-0.4, -0.2) is 46.9 Å². The van der Waals surface area contributed by atoms with Gasteiger partial charge in [0.15, 0.2) is 6.79 Å². The quantitative estimate of drug-likeness (QED) is 0.251. The standard InChI is InChI=1S/C25H33N3O5SSi/c1-20-9-11-23(12-10-20)34(29,30)28(15-16-35(3,4)5)24-25(27-14-13-26-24)32-18-21-7-6-8-22(17-21)33-19-31-2/h6-14,17H,15-16,18-19H2,1-5H3. The van der Waals surface area contributed by atoms with Gasteiger partial charge in [-0.25, -0.2) is 22.7 Å². The van der Waals surface area contributed by atoms with E-state index in [0.29, 0.717) is 12.3 Å². The number of aryl methyl sites for hydroxylation is 1. The minimum Gasteiger partial charge on any atom is -0.470 e. The molecule has 0 unspecified atom stereocenters. The van der Waals surface area contributed by atoms with Gasteiger partial charge in [-0.1, -0.05) is 49.5 Å². The summed E-state index contributed by atoms with van der Waals surface area (Å²) in [7, 11) is -3.89. The molecule has 0 bridgehead atoms. The van der Waals surface area contributed by atoms with Crippen molar-refractivity contribution in [2.45, 2.75) is 44.1 Å². The Bertz CT molecular complexity index is 1210. The third kappa shape index (κ3) is 7.51. The van der Waals surface area contributed by atoms with E-state index in [-0.39, 0.29) is 30.0 Å². The molecular formula is C25H33N3O5SSi. The van der Waals surface area contributed by atoms with E-state index in [9.17, 15) is 8.42 Å². The third-order valence-corrected chi connectivity index (χ3v) is 8.70. The van der Waals surface area contributed by atoms with Gasteiger partial charge in [0, 0.05) is 34.1 Å². The molecule has 0 N–H and O–H groups in total. The lowest BCUT2D eigenvalue weighted by Gasteiger charge is -2.27. The van der Waals surface area contributed by atoms with Crippen LogP contribution in [0.4, 0.5) is 5.82 Å². The Morgan fingerprint density at radius 1 is 0.971 bits per heavy atom. The normalized spacial score (nSPS) is 11.8. The van der Waals surface area contributed by atoms with E-state index in [4.69, 9.17) is 14.2 Å². The Kier molecular flexibility index (Phi) is 8.87. The minimum atomic E-state index is -3.88. The maximum atomic E-state index is 13.7. The highest BCUT2D eigenvalue weighted by Gasteiger charge is 2.30. The number of hydrogen-bond acceptors (Lipinski definition) is 7. The molecule has 0 saturated carbocycles. The first-order chi connectivity index (χ1) is 16.6. The SMILES string of the molecule is COCOc1cccc(COc2nccnc2N(CC[Si](C)(C)C)S(=O)(=O)c2ccc(C)cc2)c1. The Balaban J connectivity index is 1.92. The number of ether oxygens (including phenoxy) is 3. The highest BCUT2D eigenvalue weighted by Crippen LogP contribution is 2.30. The Hall–Kier alpha value is -2.95.